The highest BCUT2D eigenvalue weighted by molar-refractivity contribution is 8.00. The predicted octanol–water partition coefficient (Wildman–Crippen LogP) is 4.80. The molecule has 41 heavy (non-hydrogen) atoms. The zero-order valence-electron chi connectivity index (χ0n) is 22.0. The number of methoxy groups -OCH3 is 1. The van der Waals surface area contributed by atoms with Gasteiger partial charge in [0.05, 0.1) is 23.7 Å². The Morgan fingerprint density at radius 3 is 2.39 bits per heavy atom. The molecule has 11 heteroatoms. The SMILES string of the molecule is COc1ccccc1[C@@H]1c2sc(=O)n(CC(=O)Nc3ccc(C)cc3)c2S[C@H]2C(=O)N(c3ccc(F)cc3)C(=O)[C@@H]12. The summed E-state index contributed by atoms with van der Waals surface area (Å²) in [5.41, 5.74) is 2.58. The molecule has 3 amide bonds. The molecule has 0 unspecified atom stereocenters. The van der Waals surface area contributed by atoms with E-state index in [1.165, 1.54) is 35.9 Å². The zero-order chi connectivity index (χ0) is 28.8. The first-order valence-corrected chi connectivity index (χ1v) is 14.5. The smallest absolute Gasteiger partial charge is 0.308 e. The Morgan fingerprint density at radius 2 is 1.68 bits per heavy atom. The molecule has 1 aromatic heterocycles. The van der Waals surface area contributed by atoms with E-state index >= 15 is 0 Å². The van der Waals surface area contributed by atoms with Crippen LogP contribution in [0.1, 0.15) is 21.9 Å². The van der Waals surface area contributed by atoms with E-state index in [1.807, 2.05) is 31.2 Å². The molecular formula is C30H24FN3O5S2. The highest BCUT2D eigenvalue weighted by atomic mass is 32.2. The van der Waals surface area contributed by atoms with Crippen molar-refractivity contribution in [3.8, 4) is 5.75 Å². The van der Waals surface area contributed by atoms with E-state index in [0.717, 1.165) is 33.6 Å². The molecule has 0 radical (unpaired) electrons. The van der Waals surface area contributed by atoms with Gasteiger partial charge in [-0.1, -0.05) is 59.0 Å². The van der Waals surface area contributed by atoms with Crippen LogP contribution < -0.4 is 19.8 Å². The number of thiazole rings is 1. The first-order valence-electron chi connectivity index (χ1n) is 12.8. The number of nitrogens with zero attached hydrogens (tertiary/aromatic N) is 2. The number of fused-ring (bicyclic) bond motifs is 2. The lowest BCUT2D eigenvalue weighted by Gasteiger charge is -2.31. The summed E-state index contributed by atoms with van der Waals surface area (Å²) in [6, 6.07) is 19.7. The van der Waals surface area contributed by atoms with Crippen LogP contribution in [0.15, 0.2) is 82.6 Å². The number of imide groups is 1. The van der Waals surface area contributed by atoms with Crippen molar-refractivity contribution in [2.45, 2.75) is 29.7 Å². The van der Waals surface area contributed by atoms with E-state index < -0.39 is 40.6 Å². The Balaban J connectivity index is 1.43. The molecule has 4 aromatic rings. The number of carbonyl (C=O) groups is 3. The average molecular weight is 590 g/mol. The molecule has 1 fully saturated rings. The molecule has 3 aromatic carbocycles. The maximum absolute atomic E-state index is 13.9. The number of anilines is 2. The van der Waals surface area contributed by atoms with Crippen LogP contribution >= 0.6 is 23.1 Å². The van der Waals surface area contributed by atoms with E-state index in [0.29, 0.717) is 26.9 Å². The van der Waals surface area contributed by atoms with Gasteiger partial charge in [0.2, 0.25) is 17.7 Å². The van der Waals surface area contributed by atoms with Crippen molar-refractivity contribution in [3.63, 3.8) is 0 Å². The summed E-state index contributed by atoms with van der Waals surface area (Å²) in [7, 11) is 1.52. The maximum Gasteiger partial charge on any atom is 0.308 e. The number of rotatable bonds is 6. The zero-order valence-corrected chi connectivity index (χ0v) is 23.6. The van der Waals surface area contributed by atoms with Crippen LogP contribution in [0.5, 0.6) is 5.75 Å². The Kier molecular flexibility index (Phi) is 7.00. The summed E-state index contributed by atoms with van der Waals surface area (Å²) < 4.78 is 20.6. The van der Waals surface area contributed by atoms with Crippen LogP contribution in [0, 0.1) is 18.7 Å². The number of para-hydroxylation sites is 1. The number of thioether (sulfide) groups is 1. The third kappa shape index (κ3) is 4.74. The van der Waals surface area contributed by atoms with Gasteiger partial charge in [-0.2, -0.15) is 0 Å². The number of halogens is 1. The lowest BCUT2D eigenvalue weighted by molar-refractivity contribution is -0.122. The Hall–Kier alpha value is -4.22. The molecule has 208 valence electrons. The maximum atomic E-state index is 13.9. The number of carbonyl (C=O) groups excluding carboxylic acids is 3. The van der Waals surface area contributed by atoms with E-state index in [9.17, 15) is 23.6 Å². The molecule has 0 bridgehead atoms. The summed E-state index contributed by atoms with van der Waals surface area (Å²) in [5.74, 6) is -2.78. The van der Waals surface area contributed by atoms with E-state index in [1.54, 1.807) is 24.3 Å². The van der Waals surface area contributed by atoms with Crippen molar-refractivity contribution in [2.24, 2.45) is 5.92 Å². The van der Waals surface area contributed by atoms with Crippen molar-refractivity contribution in [1.82, 2.24) is 4.57 Å². The number of ether oxygens (including phenoxy) is 1. The van der Waals surface area contributed by atoms with Crippen LogP contribution in [0.2, 0.25) is 0 Å². The molecule has 0 spiro atoms. The van der Waals surface area contributed by atoms with Crippen LogP contribution in [-0.2, 0) is 20.9 Å². The molecule has 8 nitrogen and oxygen atoms in total. The molecule has 1 saturated heterocycles. The molecular weight excluding hydrogens is 565 g/mol. The molecule has 3 atom stereocenters. The number of amides is 3. The molecule has 0 saturated carbocycles. The first kappa shape index (κ1) is 27.0. The largest absolute Gasteiger partial charge is 0.496 e. The van der Waals surface area contributed by atoms with Gasteiger partial charge in [0, 0.05) is 22.0 Å². The number of aromatic nitrogens is 1. The second-order valence-electron chi connectivity index (χ2n) is 9.81. The minimum absolute atomic E-state index is 0.259. The fourth-order valence-corrected chi connectivity index (χ4v) is 8.10. The summed E-state index contributed by atoms with van der Waals surface area (Å²) in [5, 5.41) is 2.42. The fraction of sp³-hybridized carbons (Fsp3) is 0.200. The lowest BCUT2D eigenvalue weighted by atomic mass is 9.82. The second-order valence-corrected chi connectivity index (χ2v) is 11.9. The number of nitrogens with one attached hydrogen (secondary N) is 1. The van der Waals surface area contributed by atoms with E-state index in [2.05, 4.69) is 5.32 Å². The summed E-state index contributed by atoms with van der Waals surface area (Å²) in [6.07, 6.45) is 0. The van der Waals surface area contributed by atoms with Crippen molar-refractivity contribution < 1.29 is 23.5 Å². The van der Waals surface area contributed by atoms with Gasteiger partial charge in [-0.3, -0.25) is 23.7 Å². The van der Waals surface area contributed by atoms with Crippen LogP contribution in [0.4, 0.5) is 15.8 Å². The number of hydrogen-bond acceptors (Lipinski definition) is 7. The van der Waals surface area contributed by atoms with Crippen LogP contribution in [0.25, 0.3) is 0 Å². The van der Waals surface area contributed by atoms with Crippen molar-refractivity contribution >= 4 is 52.2 Å². The van der Waals surface area contributed by atoms with Gasteiger partial charge in [-0.25, -0.2) is 9.29 Å². The Bertz CT molecular complexity index is 1730. The predicted molar refractivity (Wildman–Crippen MR) is 155 cm³/mol. The number of aryl methyl sites for hydroxylation is 1. The van der Waals surface area contributed by atoms with Crippen molar-refractivity contribution in [2.75, 3.05) is 17.3 Å². The summed E-state index contributed by atoms with van der Waals surface area (Å²) in [6.45, 7) is 1.68. The van der Waals surface area contributed by atoms with Gasteiger partial charge in [0.25, 0.3) is 0 Å². The van der Waals surface area contributed by atoms with Crippen LogP contribution in [-0.4, -0.2) is 34.6 Å². The Labute approximate surface area is 242 Å². The molecule has 2 aliphatic heterocycles. The molecule has 1 N–H and O–H groups in total. The lowest BCUT2D eigenvalue weighted by Crippen LogP contribution is -2.33. The van der Waals surface area contributed by atoms with Crippen molar-refractivity contribution in [3.05, 3.63) is 104 Å². The van der Waals surface area contributed by atoms with Gasteiger partial charge < -0.3 is 10.1 Å². The highest BCUT2D eigenvalue weighted by Gasteiger charge is 2.57. The quantitative estimate of drug-likeness (QED) is 0.325. The van der Waals surface area contributed by atoms with Gasteiger partial charge in [-0.05, 0) is 49.4 Å². The normalized spacial score (nSPS) is 19.6. The number of hydrogen-bond donors (Lipinski definition) is 1. The second kappa shape index (κ2) is 10.6. The minimum Gasteiger partial charge on any atom is -0.496 e. The summed E-state index contributed by atoms with van der Waals surface area (Å²) in [4.78, 5) is 55.4. The van der Waals surface area contributed by atoms with Crippen LogP contribution in [0.3, 0.4) is 0 Å². The standard InChI is InChI=1S/C30H24FN3O5S2/c1-16-7-11-18(12-8-16)32-22(35)15-33-29-26(41-30(33)38)23(20-5-3-4-6-21(20)39-2)24-25(40-29)28(37)34(27(24)36)19-13-9-17(31)10-14-19/h3-14,23-25H,15H2,1-2H3,(H,32,35)/t23-,24-,25+/m0/s1. The van der Waals surface area contributed by atoms with Gasteiger partial charge in [0.1, 0.15) is 23.4 Å². The first-order chi connectivity index (χ1) is 19.8. The topological polar surface area (TPSA) is 97.7 Å². The van der Waals surface area contributed by atoms with Gasteiger partial charge in [-0.15, -0.1) is 0 Å². The van der Waals surface area contributed by atoms with Gasteiger partial charge >= 0.3 is 4.87 Å². The number of benzene rings is 3. The molecule has 2 aliphatic rings. The Morgan fingerprint density at radius 1 is 0.976 bits per heavy atom. The minimum atomic E-state index is -0.865. The third-order valence-electron chi connectivity index (χ3n) is 7.25. The average Bonchev–Trinajstić information content (AvgIpc) is 3.41. The molecule has 0 aliphatic carbocycles. The molecule has 6 rings (SSSR count). The van der Waals surface area contributed by atoms with Gasteiger partial charge in [0.15, 0.2) is 0 Å². The van der Waals surface area contributed by atoms with Crippen molar-refractivity contribution in [1.29, 1.82) is 0 Å². The van der Waals surface area contributed by atoms with E-state index in [-0.39, 0.29) is 17.1 Å². The monoisotopic (exact) mass is 589 g/mol. The van der Waals surface area contributed by atoms with E-state index in [4.69, 9.17) is 4.74 Å². The fourth-order valence-electron chi connectivity index (χ4n) is 5.34. The summed E-state index contributed by atoms with van der Waals surface area (Å²) >= 11 is 2.08. The third-order valence-corrected chi connectivity index (χ3v) is 9.85. The highest BCUT2D eigenvalue weighted by Crippen LogP contribution is 2.55. The molecule has 3 heterocycles.